The van der Waals surface area contributed by atoms with Crippen molar-refractivity contribution in [3.05, 3.63) is 29.3 Å². The molecule has 0 aliphatic carbocycles. The van der Waals surface area contributed by atoms with Crippen molar-refractivity contribution in [2.45, 2.75) is 39.5 Å². The van der Waals surface area contributed by atoms with Crippen molar-refractivity contribution in [2.75, 3.05) is 18.0 Å². The summed E-state index contributed by atoms with van der Waals surface area (Å²) in [5.41, 5.74) is 2.48. The molecule has 20 heavy (non-hydrogen) atoms. The summed E-state index contributed by atoms with van der Waals surface area (Å²) in [5.74, 6) is 0. The van der Waals surface area contributed by atoms with Gasteiger partial charge in [0.25, 0.3) is 0 Å². The molecule has 1 heterocycles. The number of benzene rings is 1. The van der Waals surface area contributed by atoms with Crippen LogP contribution in [0.3, 0.4) is 0 Å². The molecular formula is C17H21N3. The van der Waals surface area contributed by atoms with Gasteiger partial charge in [-0.1, -0.05) is 26.7 Å². The number of nitrogens with zero attached hydrogens (tertiary/aromatic N) is 3. The maximum atomic E-state index is 9.10. The van der Waals surface area contributed by atoms with Gasteiger partial charge >= 0.3 is 0 Å². The molecule has 3 nitrogen and oxygen atoms in total. The lowest BCUT2D eigenvalue weighted by molar-refractivity contribution is 0.173. The zero-order valence-corrected chi connectivity index (χ0v) is 12.3. The Bertz CT molecular complexity index is 549. The molecule has 0 N–H and O–H groups in total. The summed E-state index contributed by atoms with van der Waals surface area (Å²) < 4.78 is 0. The molecule has 0 radical (unpaired) electrons. The topological polar surface area (TPSA) is 50.8 Å². The zero-order chi connectivity index (χ0) is 14.6. The number of hydrogen-bond acceptors (Lipinski definition) is 3. The number of nitriles is 2. The smallest absolute Gasteiger partial charge is 0.101 e. The van der Waals surface area contributed by atoms with Crippen LogP contribution in [0.5, 0.6) is 0 Å². The van der Waals surface area contributed by atoms with Gasteiger partial charge in [-0.2, -0.15) is 10.5 Å². The minimum absolute atomic E-state index is 0.463. The van der Waals surface area contributed by atoms with Crippen LogP contribution in [0.1, 0.15) is 50.7 Å². The van der Waals surface area contributed by atoms with E-state index in [9.17, 15) is 0 Å². The molecule has 1 aromatic rings. The van der Waals surface area contributed by atoms with Crippen LogP contribution in [0.25, 0.3) is 0 Å². The first-order chi connectivity index (χ1) is 9.68. The maximum Gasteiger partial charge on any atom is 0.101 e. The summed E-state index contributed by atoms with van der Waals surface area (Å²) >= 11 is 0. The van der Waals surface area contributed by atoms with Crippen molar-refractivity contribution in [2.24, 2.45) is 5.41 Å². The molecule has 104 valence electrons. The summed E-state index contributed by atoms with van der Waals surface area (Å²) in [7, 11) is 0. The number of hydrogen-bond donors (Lipinski definition) is 0. The van der Waals surface area contributed by atoms with E-state index in [1.165, 1.54) is 25.7 Å². The fourth-order valence-corrected chi connectivity index (χ4v) is 3.37. The third-order valence-electron chi connectivity index (χ3n) is 4.22. The van der Waals surface area contributed by atoms with Crippen molar-refractivity contribution in [3.63, 3.8) is 0 Å². The summed E-state index contributed by atoms with van der Waals surface area (Å²) in [6.45, 7) is 6.64. The molecule has 0 amide bonds. The molecule has 1 fully saturated rings. The molecule has 0 bridgehead atoms. The number of anilines is 1. The van der Waals surface area contributed by atoms with Gasteiger partial charge in [0.2, 0.25) is 0 Å². The van der Waals surface area contributed by atoms with E-state index < -0.39 is 0 Å². The normalized spacial score (nSPS) is 16.1. The van der Waals surface area contributed by atoms with Crippen LogP contribution in [0.4, 0.5) is 5.69 Å². The Morgan fingerprint density at radius 2 is 1.65 bits per heavy atom. The first kappa shape index (κ1) is 14.4. The fraction of sp³-hybridized carbons (Fsp3) is 0.529. The van der Waals surface area contributed by atoms with Gasteiger partial charge in [-0.3, -0.25) is 0 Å². The van der Waals surface area contributed by atoms with Crippen LogP contribution in [-0.2, 0) is 0 Å². The lowest BCUT2D eigenvalue weighted by Gasteiger charge is -2.52. The van der Waals surface area contributed by atoms with Gasteiger partial charge in [0.15, 0.2) is 0 Å². The second-order valence-electron chi connectivity index (χ2n) is 5.81. The Morgan fingerprint density at radius 3 is 2.15 bits per heavy atom. The lowest BCUT2D eigenvalue weighted by atomic mass is 9.72. The monoisotopic (exact) mass is 267 g/mol. The van der Waals surface area contributed by atoms with E-state index in [1.807, 2.05) is 12.1 Å². The third kappa shape index (κ3) is 2.63. The average Bonchev–Trinajstić information content (AvgIpc) is 2.43. The molecule has 1 saturated heterocycles. The standard InChI is InChI=1S/C17H21N3/c1-3-7-17(8-4-2)12-20(13-17)16-6-5-14(10-18)15(9-16)11-19/h5-6,9H,3-4,7-8,12-13H2,1-2H3. The second kappa shape index (κ2) is 5.97. The highest BCUT2D eigenvalue weighted by Crippen LogP contribution is 2.42. The molecule has 0 aromatic heterocycles. The minimum Gasteiger partial charge on any atom is -0.370 e. The average molecular weight is 267 g/mol. The zero-order valence-electron chi connectivity index (χ0n) is 12.3. The van der Waals surface area contributed by atoms with Gasteiger partial charge in [-0.05, 0) is 31.0 Å². The van der Waals surface area contributed by atoms with Crippen LogP contribution in [0.15, 0.2) is 18.2 Å². The first-order valence-corrected chi connectivity index (χ1v) is 7.37. The van der Waals surface area contributed by atoms with E-state index in [0.29, 0.717) is 16.5 Å². The van der Waals surface area contributed by atoms with Crippen molar-refractivity contribution in [1.29, 1.82) is 10.5 Å². The van der Waals surface area contributed by atoms with Gasteiger partial charge in [-0.25, -0.2) is 0 Å². The Balaban J connectivity index is 2.13. The Labute approximate surface area is 121 Å². The van der Waals surface area contributed by atoms with E-state index in [-0.39, 0.29) is 0 Å². The first-order valence-electron chi connectivity index (χ1n) is 7.37. The molecule has 2 rings (SSSR count). The van der Waals surface area contributed by atoms with Crippen LogP contribution in [0.2, 0.25) is 0 Å². The number of rotatable bonds is 5. The molecule has 0 unspecified atom stereocenters. The lowest BCUT2D eigenvalue weighted by Crippen LogP contribution is -2.56. The Hall–Kier alpha value is -2.00. The minimum atomic E-state index is 0.463. The molecule has 1 aliphatic rings. The van der Waals surface area contributed by atoms with Crippen molar-refractivity contribution < 1.29 is 0 Å². The third-order valence-corrected chi connectivity index (χ3v) is 4.22. The second-order valence-corrected chi connectivity index (χ2v) is 5.81. The predicted octanol–water partition coefficient (Wildman–Crippen LogP) is 3.84. The highest BCUT2D eigenvalue weighted by atomic mass is 15.2. The summed E-state index contributed by atoms with van der Waals surface area (Å²) in [5, 5.41) is 18.1. The van der Waals surface area contributed by atoms with E-state index >= 15 is 0 Å². The Morgan fingerprint density at radius 1 is 1.05 bits per heavy atom. The quantitative estimate of drug-likeness (QED) is 0.814. The van der Waals surface area contributed by atoms with Crippen LogP contribution in [0, 0.1) is 28.1 Å². The van der Waals surface area contributed by atoms with Crippen molar-refractivity contribution in [1.82, 2.24) is 0 Å². The summed E-state index contributed by atoms with van der Waals surface area (Å²) in [6, 6.07) is 9.74. The molecule has 0 saturated carbocycles. The van der Waals surface area contributed by atoms with Gasteiger partial charge in [-0.15, -0.1) is 0 Å². The molecule has 1 aromatic carbocycles. The van der Waals surface area contributed by atoms with Gasteiger partial charge in [0.05, 0.1) is 11.1 Å². The van der Waals surface area contributed by atoms with Crippen molar-refractivity contribution in [3.8, 4) is 12.1 Å². The molecule has 0 atom stereocenters. The van der Waals surface area contributed by atoms with Crippen LogP contribution >= 0.6 is 0 Å². The summed E-state index contributed by atoms with van der Waals surface area (Å²) in [6.07, 6.45) is 5.01. The fourth-order valence-electron chi connectivity index (χ4n) is 3.37. The van der Waals surface area contributed by atoms with Crippen LogP contribution in [-0.4, -0.2) is 13.1 Å². The highest BCUT2D eigenvalue weighted by Gasteiger charge is 2.41. The SMILES string of the molecule is CCCC1(CCC)CN(c2ccc(C#N)c(C#N)c2)C1. The van der Waals surface area contributed by atoms with Crippen LogP contribution < -0.4 is 4.90 Å². The van der Waals surface area contributed by atoms with E-state index in [4.69, 9.17) is 10.5 Å². The molecule has 3 heteroatoms. The molecule has 1 aliphatic heterocycles. The van der Waals surface area contributed by atoms with E-state index in [0.717, 1.165) is 18.8 Å². The van der Waals surface area contributed by atoms with Gasteiger partial charge in [0.1, 0.15) is 12.1 Å². The van der Waals surface area contributed by atoms with E-state index in [2.05, 4.69) is 30.9 Å². The largest absolute Gasteiger partial charge is 0.370 e. The van der Waals surface area contributed by atoms with Gasteiger partial charge in [0, 0.05) is 24.2 Å². The predicted molar refractivity (Wildman–Crippen MR) is 80.3 cm³/mol. The van der Waals surface area contributed by atoms with Gasteiger partial charge < -0.3 is 4.90 Å². The maximum absolute atomic E-state index is 9.10. The summed E-state index contributed by atoms with van der Waals surface area (Å²) in [4.78, 5) is 2.33. The highest BCUT2D eigenvalue weighted by molar-refractivity contribution is 5.59. The molecule has 0 spiro atoms. The van der Waals surface area contributed by atoms with Crippen molar-refractivity contribution >= 4 is 5.69 Å². The van der Waals surface area contributed by atoms with E-state index in [1.54, 1.807) is 6.07 Å². The Kier molecular flexibility index (Phi) is 4.30. The molecular weight excluding hydrogens is 246 g/mol.